The van der Waals surface area contributed by atoms with Crippen LogP contribution in [0.4, 0.5) is 5.69 Å². The van der Waals surface area contributed by atoms with Crippen LogP contribution in [0.3, 0.4) is 0 Å². The lowest BCUT2D eigenvalue weighted by molar-refractivity contribution is -0.115. The van der Waals surface area contributed by atoms with Crippen molar-refractivity contribution in [2.45, 2.75) is 0 Å². The van der Waals surface area contributed by atoms with Crippen molar-refractivity contribution >= 4 is 61.3 Å². The van der Waals surface area contributed by atoms with E-state index in [0.717, 1.165) is 22.0 Å². The molecule has 4 rings (SSSR count). The fraction of sp³-hybridized carbons (Fsp3) is 0.0870. The first kappa shape index (κ1) is 21.0. The molecule has 0 unspecified atom stereocenters. The van der Waals surface area contributed by atoms with E-state index >= 15 is 0 Å². The largest absolute Gasteiger partial charge is 0.493 e. The summed E-state index contributed by atoms with van der Waals surface area (Å²) < 4.78 is 11.4. The molecule has 3 aromatic rings. The van der Waals surface area contributed by atoms with Gasteiger partial charge in [0.15, 0.2) is 23.3 Å². The van der Waals surface area contributed by atoms with Gasteiger partial charge in [-0.2, -0.15) is 5.26 Å². The van der Waals surface area contributed by atoms with Gasteiger partial charge in [-0.05, 0) is 62.9 Å². The highest BCUT2D eigenvalue weighted by Gasteiger charge is 2.24. The minimum atomic E-state index is -0.219. The number of aliphatic imine (C=N–C) groups is 1. The maximum atomic E-state index is 12.5. The maximum absolute atomic E-state index is 12.5. The Balaban J connectivity index is 1.63. The SMILES string of the molecule is COc1cc(C=C2SC(=Nc3cccc4ccccc34)NC2=O)cc(Br)c1OCC#N. The molecular formula is C23H16BrN3O3S. The van der Waals surface area contributed by atoms with Gasteiger partial charge in [-0.15, -0.1) is 0 Å². The lowest BCUT2D eigenvalue weighted by atomic mass is 10.1. The van der Waals surface area contributed by atoms with E-state index in [0.29, 0.717) is 26.0 Å². The second-order valence-corrected chi connectivity index (χ2v) is 8.35. The van der Waals surface area contributed by atoms with Crippen LogP contribution in [0.2, 0.25) is 0 Å². The van der Waals surface area contributed by atoms with Crippen LogP contribution in [-0.2, 0) is 4.79 Å². The molecule has 3 aromatic carbocycles. The van der Waals surface area contributed by atoms with Crippen LogP contribution in [0.5, 0.6) is 11.5 Å². The normalized spacial score (nSPS) is 15.8. The number of methoxy groups -OCH3 is 1. The lowest BCUT2D eigenvalue weighted by Gasteiger charge is -2.11. The molecule has 0 aromatic heterocycles. The van der Waals surface area contributed by atoms with Gasteiger partial charge < -0.3 is 14.8 Å². The number of nitrogens with zero attached hydrogens (tertiary/aromatic N) is 2. The number of amides is 1. The molecule has 1 fully saturated rings. The first-order valence-electron chi connectivity index (χ1n) is 9.23. The molecule has 0 atom stereocenters. The highest BCUT2D eigenvalue weighted by molar-refractivity contribution is 9.10. The summed E-state index contributed by atoms with van der Waals surface area (Å²) >= 11 is 4.71. The summed E-state index contributed by atoms with van der Waals surface area (Å²) in [6.45, 7) is -0.0956. The Morgan fingerprint density at radius 1 is 1.23 bits per heavy atom. The zero-order valence-corrected chi connectivity index (χ0v) is 18.8. The number of carbonyl (C=O) groups is 1. The Bertz CT molecular complexity index is 1280. The zero-order valence-electron chi connectivity index (χ0n) is 16.4. The molecule has 1 saturated heterocycles. The van der Waals surface area contributed by atoms with Gasteiger partial charge in [0, 0.05) is 5.39 Å². The minimum absolute atomic E-state index is 0.0956. The summed E-state index contributed by atoms with van der Waals surface area (Å²) in [4.78, 5) is 17.7. The summed E-state index contributed by atoms with van der Waals surface area (Å²) in [6.07, 6.45) is 1.76. The third kappa shape index (κ3) is 4.58. The second-order valence-electron chi connectivity index (χ2n) is 6.46. The lowest BCUT2D eigenvalue weighted by Crippen LogP contribution is -2.19. The number of halogens is 1. The molecule has 0 aliphatic carbocycles. The second kappa shape index (κ2) is 9.25. The van der Waals surface area contributed by atoms with Gasteiger partial charge in [-0.3, -0.25) is 4.79 Å². The van der Waals surface area contributed by atoms with Gasteiger partial charge >= 0.3 is 0 Å². The van der Waals surface area contributed by atoms with Crippen LogP contribution in [0.15, 0.2) is 69.0 Å². The molecule has 0 radical (unpaired) electrons. The zero-order chi connectivity index (χ0) is 21.8. The fourth-order valence-electron chi connectivity index (χ4n) is 3.11. The van der Waals surface area contributed by atoms with Gasteiger partial charge in [0.1, 0.15) is 6.07 Å². The first-order valence-corrected chi connectivity index (χ1v) is 10.8. The van der Waals surface area contributed by atoms with Crippen molar-refractivity contribution in [3.63, 3.8) is 0 Å². The molecule has 6 nitrogen and oxygen atoms in total. The van der Waals surface area contributed by atoms with Crippen molar-refractivity contribution < 1.29 is 14.3 Å². The van der Waals surface area contributed by atoms with E-state index < -0.39 is 0 Å². The minimum Gasteiger partial charge on any atom is -0.493 e. The van der Waals surface area contributed by atoms with Crippen LogP contribution in [0.1, 0.15) is 5.56 Å². The van der Waals surface area contributed by atoms with E-state index in [4.69, 9.17) is 14.7 Å². The molecule has 0 saturated carbocycles. The molecule has 0 spiro atoms. The Hall–Kier alpha value is -3.28. The quantitative estimate of drug-likeness (QED) is 0.480. The first-order chi connectivity index (χ1) is 15.1. The van der Waals surface area contributed by atoms with Crippen LogP contribution >= 0.6 is 27.7 Å². The molecule has 154 valence electrons. The van der Waals surface area contributed by atoms with Crippen molar-refractivity contribution in [2.24, 2.45) is 4.99 Å². The van der Waals surface area contributed by atoms with Crippen LogP contribution in [-0.4, -0.2) is 24.8 Å². The fourth-order valence-corrected chi connectivity index (χ4v) is 4.52. The summed E-state index contributed by atoms with van der Waals surface area (Å²) in [5.74, 6) is 0.682. The number of fused-ring (bicyclic) bond motifs is 1. The van der Waals surface area contributed by atoms with Gasteiger partial charge in [0.25, 0.3) is 5.91 Å². The number of amidine groups is 1. The Morgan fingerprint density at radius 3 is 2.84 bits per heavy atom. The predicted octanol–water partition coefficient (Wildman–Crippen LogP) is 5.40. The molecular weight excluding hydrogens is 478 g/mol. The van der Waals surface area contributed by atoms with Crippen molar-refractivity contribution in [2.75, 3.05) is 13.7 Å². The van der Waals surface area contributed by atoms with Gasteiger partial charge in [0.05, 0.1) is 22.2 Å². The number of hydrogen-bond acceptors (Lipinski definition) is 6. The van der Waals surface area contributed by atoms with Crippen LogP contribution in [0.25, 0.3) is 16.8 Å². The van der Waals surface area contributed by atoms with E-state index in [-0.39, 0.29) is 12.5 Å². The topological polar surface area (TPSA) is 83.7 Å². The summed E-state index contributed by atoms with van der Waals surface area (Å²) in [5.41, 5.74) is 1.54. The molecule has 1 heterocycles. The van der Waals surface area contributed by atoms with Gasteiger partial charge in [-0.25, -0.2) is 4.99 Å². The smallest absolute Gasteiger partial charge is 0.264 e. The monoisotopic (exact) mass is 493 g/mol. The molecule has 1 aliphatic rings. The average molecular weight is 494 g/mol. The van der Waals surface area contributed by atoms with Crippen molar-refractivity contribution in [3.8, 4) is 17.6 Å². The number of thioether (sulfide) groups is 1. The maximum Gasteiger partial charge on any atom is 0.264 e. The number of rotatable bonds is 5. The van der Waals surface area contributed by atoms with Crippen molar-refractivity contribution in [1.29, 1.82) is 5.26 Å². The summed E-state index contributed by atoms with van der Waals surface area (Å²) in [5, 5.41) is 14.2. The highest BCUT2D eigenvalue weighted by Crippen LogP contribution is 2.38. The molecule has 0 bridgehead atoms. The Morgan fingerprint density at radius 2 is 2.03 bits per heavy atom. The number of benzene rings is 3. The summed E-state index contributed by atoms with van der Waals surface area (Å²) in [6, 6.07) is 19.4. The number of hydrogen-bond donors (Lipinski definition) is 1. The van der Waals surface area contributed by atoms with Crippen molar-refractivity contribution in [3.05, 3.63) is 69.5 Å². The number of nitrogens with one attached hydrogen (secondary N) is 1. The highest BCUT2D eigenvalue weighted by atomic mass is 79.9. The third-order valence-electron chi connectivity index (χ3n) is 4.47. The van der Waals surface area contributed by atoms with Crippen LogP contribution in [0, 0.1) is 11.3 Å². The van der Waals surface area contributed by atoms with E-state index in [1.165, 1.54) is 18.9 Å². The van der Waals surface area contributed by atoms with E-state index in [2.05, 4.69) is 26.2 Å². The van der Waals surface area contributed by atoms with Gasteiger partial charge in [0.2, 0.25) is 0 Å². The molecule has 31 heavy (non-hydrogen) atoms. The molecule has 1 amide bonds. The number of ether oxygens (including phenoxy) is 2. The Kier molecular flexibility index (Phi) is 6.26. The average Bonchev–Trinajstić information content (AvgIpc) is 3.11. The molecule has 1 N–H and O–H groups in total. The predicted molar refractivity (Wildman–Crippen MR) is 127 cm³/mol. The standard InChI is InChI=1S/C23H16BrN3O3S/c1-29-19-12-14(11-17(24)21(19)30-10-9-25)13-20-22(28)27-23(31-20)26-18-8-4-6-15-5-2-3-7-16(15)18/h2-8,11-13H,10H2,1H3,(H,26,27,28). The van der Waals surface area contributed by atoms with Crippen LogP contribution < -0.4 is 14.8 Å². The molecule has 1 aliphatic heterocycles. The Labute approximate surface area is 191 Å². The van der Waals surface area contributed by atoms with Crippen molar-refractivity contribution in [1.82, 2.24) is 5.32 Å². The number of nitriles is 1. The van der Waals surface area contributed by atoms with Gasteiger partial charge in [-0.1, -0.05) is 36.4 Å². The van der Waals surface area contributed by atoms with E-state index in [9.17, 15) is 4.79 Å². The third-order valence-corrected chi connectivity index (χ3v) is 5.97. The van der Waals surface area contributed by atoms with E-state index in [1.807, 2.05) is 48.5 Å². The molecule has 8 heteroatoms. The summed E-state index contributed by atoms with van der Waals surface area (Å²) in [7, 11) is 1.52. The number of carbonyl (C=O) groups excluding carboxylic acids is 1. The van der Waals surface area contributed by atoms with E-state index in [1.54, 1.807) is 18.2 Å².